The van der Waals surface area contributed by atoms with Crippen molar-refractivity contribution in [2.45, 2.75) is 26.7 Å². The van der Waals surface area contributed by atoms with Crippen molar-refractivity contribution in [3.05, 3.63) is 71.4 Å². The number of rotatable bonds is 3. The van der Waals surface area contributed by atoms with Crippen molar-refractivity contribution < 1.29 is 4.79 Å². The molecule has 0 spiro atoms. The highest BCUT2D eigenvalue weighted by Gasteiger charge is 2.31. The van der Waals surface area contributed by atoms with Gasteiger partial charge in [-0.25, -0.2) is 4.68 Å². The van der Waals surface area contributed by atoms with Crippen LogP contribution in [0.3, 0.4) is 0 Å². The first-order valence-corrected chi connectivity index (χ1v) is 8.66. The van der Waals surface area contributed by atoms with Crippen LogP contribution in [0.25, 0.3) is 5.69 Å². The number of Topliss-reactive ketones (excluding diaryl/α,β-unsaturated/α-hetero) is 1. The lowest BCUT2D eigenvalue weighted by molar-refractivity contribution is 0.0953. The van der Waals surface area contributed by atoms with E-state index in [0.29, 0.717) is 18.2 Å². The third kappa shape index (κ3) is 2.95. The van der Waals surface area contributed by atoms with Gasteiger partial charge in [0.05, 0.1) is 16.9 Å². The Morgan fingerprint density at radius 3 is 2.64 bits per heavy atom. The summed E-state index contributed by atoms with van der Waals surface area (Å²) in [6.45, 7) is 4.17. The van der Waals surface area contributed by atoms with Gasteiger partial charge in [0.15, 0.2) is 11.6 Å². The van der Waals surface area contributed by atoms with Crippen molar-refractivity contribution in [3.8, 4) is 5.69 Å². The molecule has 0 unspecified atom stereocenters. The van der Waals surface area contributed by atoms with E-state index in [1.807, 2.05) is 47.1 Å². The zero-order chi connectivity index (χ0) is 17.4. The standard InChI is InChI=1S/C21H21N3O/c1-14-7-6-8-16(11-14)22-21-20-18(12-15(2)13-19(20)25)24(23-21)17-9-4-3-5-10-17/h3-11,15H,12-13H2,1-2H3,(H,22,23)/t15-/m0/s1. The van der Waals surface area contributed by atoms with Crippen LogP contribution in [0.15, 0.2) is 54.6 Å². The Morgan fingerprint density at radius 2 is 1.88 bits per heavy atom. The predicted molar refractivity (Wildman–Crippen MR) is 99.8 cm³/mol. The monoisotopic (exact) mass is 331 g/mol. The molecule has 126 valence electrons. The highest BCUT2D eigenvalue weighted by molar-refractivity contribution is 6.03. The minimum absolute atomic E-state index is 0.172. The molecule has 1 atom stereocenters. The van der Waals surface area contributed by atoms with Crippen LogP contribution in [0, 0.1) is 12.8 Å². The average molecular weight is 331 g/mol. The molecule has 0 saturated carbocycles. The Hall–Kier alpha value is -2.88. The number of nitrogens with zero attached hydrogens (tertiary/aromatic N) is 2. The number of fused-ring (bicyclic) bond motifs is 1. The molecule has 0 amide bonds. The number of aryl methyl sites for hydroxylation is 1. The Morgan fingerprint density at radius 1 is 1.08 bits per heavy atom. The van der Waals surface area contributed by atoms with Gasteiger partial charge in [-0.2, -0.15) is 0 Å². The van der Waals surface area contributed by atoms with E-state index in [1.165, 1.54) is 5.56 Å². The molecule has 2 aromatic carbocycles. The number of anilines is 2. The van der Waals surface area contributed by atoms with E-state index in [1.54, 1.807) is 0 Å². The molecule has 4 heteroatoms. The van der Waals surface area contributed by atoms with Gasteiger partial charge in [-0.15, -0.1) is 5.10 Å². The maximum Gasteiger partial charge on any atom is 0.168 e. The summed E-state index contributed by atoms with van der Waals surface area (Å²) in [7, 11) is 0. The van der Waals surface area contributed by atoms with Crippen LogP contribution in [0.4, 0.5) is 11.5 Å². The maximum atomic E-state index is 12.7. The second-order valence-corrected chi connectivity index (χ2v) is 6.85. The Bertz CT molecular complexity index is 928. The molecule has 4 nitrogen and oxygen atoms in total. The number of ketones is 1. The predicted octanol–water partition coefficient (Wildman–Crippen LogP) is 4.69. The van der Waals surface area contributed by atoms with E-state index in [0.717, 1.165) is 29.1 Å². The highest BCUT2D eigenvalue weighted by atomic mass is 16.1. The van der Waals surface area contributed by atoms with Gasteiger partial charge in [0.2, 0.25) is 0 Å². The molecule has 0 radical (unpaired) electrons. The third-order valence-electron chi connectivity index (χ3n) is 4.62. The van der Waals surface area contributed by atoms with E-state index in [9.17, 15) is 4.79 Å². The molecule has 1 heterocycles. The van der Waals surface area contributed by atoms with Gasteiger partial charge in [-0.3, -0.25) is 4.79 Å². The SMILES string of the molecule is Cc1cccc(Nc2nn(-c3ccccc3)c3c2C(=O)C[C@@H](C)C3)c1. The normalized spacial score (nSPS) is 16.6. The molecule has 1 aliphatic carbocycles. The van der Waals surface area contributed by atoms with Crippen LogP contribution in [-0.2, 0) is 6.42 Å². The fraction of sp³-hybridized carbons (Fsp3) is 0.238. The zero-order valence-electron chi connectivity index (χ0n) is 14.5. The lowest BCUT2D eigenvalue weighted by atomic mass is 9.87. The number of hydrogen-bond donors (Lipinski definition) is 1. The topological polar surface area (TPSA) is 46.9 Å². The van der Waals surface area contributed by atoms with Crippen LogP contribution < -0.4 is 5.32 Å². The number of nitrogens with one attached hydrogen (secondary N) is 1. The summed E-state index contributed by atoms with van der Waals surface area (Å²) in [6, 6.07) is 18.1. The van der Waals surface area contributed by atoms with Crippen molar-refractivity contribution in [1.82, 2.24) is 9.78 Å². The fourth-order valence-electron chi connectivity index (χ4n) is 3.49. The molecule has 0 aliphatic heterocycles. The van der Waals surface area contributed by atoms with Gasteiger partial charge in [0, 0.05) is 12.1 Å². The molecule has 1 aromatic heterocycles. The Balaban J connectivity index is 1.83. The number of carbonyl (C=O) groups excluding carboxylic acids is 1. The smallest absolute Gasteiger partial charge is 0.168 e. The molecule has 1 aliphatic rings. The second-order valence-electron chi connectivity index (χ2n) is 6.85. The largest absolute Gasteiger partial charge is 0.338 e. The number of para-hydroxylation sites is 1. The lowest BCUT2D eigenvalue weighted by Gasteiger charge is -2.19. The van der Waals surface area contributed by atoms with E-state index in [-0.39, 0.29) is 5.78 Å². The van der Waals surface area contributed by atoms with Crippen LogP contribution in [-0.4, -0.2) is 15.6 Å². The second kappa shape index (κ2) is 6.20. The van der Waals surface area contributed by atoms with E-state index in [2.05, 4.69) is 31.3 Å². The zero-order valence-corrected chi connectivity index (χ0v) is 14.5. The summed E-state index contributed by atoms with van der Waals surface area (Å²) in [5.74, 6) is 1.17. The Labute approximate surface area is 147 Å². The van der Waals surface area contributed by atoms with E-state index < -0.39 is 0 Å². The minimum atomic E-state index is 0.172. The van der Waals surface area contributed by atoms with Crippen LogP contribution in [0.1, 0.15) is 35.0 Å². The molecule has 25 heavy (non-hydrogen) atoms. The van der Waals surface area contributed by atoms with Crippen LogP contribution >= 0.6 is 0 Å². The average Bonchev–Trinajstić information content (AvgIpc) is 2.94. The van der Waals surface area contributed by atoms with Crippen molar-refractivity contribution >= 4 is 17.3 Å². The van der Waals surface area contributed by atoms with Gasteiger partial charge in [0.25, 0.3) is 0 Å². The van der Waals surface area contributed by atoms with Crippen molar-refractivity contribution in [1.29, 1.82) is 0 Å². The molecule has 1 N–H and O–H groups in total. The highest BCUT2D eigenvalue weighted by Crippen LogP contribution is 2.33. The number of carbonyl (C=O) groups is 1. The molecular formula is C21H21N3O. The van der Waals surface area contributed by atoms with Crippen LogP contribution in [0.2, 0.25) is 0 Å². The summed E-state index contributed by atoms with van der Waals surface area (Å²) in [4.78, 5) is 12.7. The quantitative estimate of drug-likeness (QED) is 0.757. The number of benzene rings is 2. The van der Waals surface area contributed by atoms with Crippen LogP contribution in [0.5, 0.6) is 0 Å². The number of aromatic nitrogens is 2. The van der Waals surface area contributed by atoms with Gasteiger partial charge in [-0.1, -0.05) is 37.3 Å². The van der Waals surface area contributed by atoms with Crippen molar-refractivity contribution in [2.75, 3.05) is 5.32 Å². The summed E-state index contributed by atoms with van der Waals surface area (Å²) < 4.78 is 1.92. The van der Waals surface area contributed by atoms with Gasteiger partial charge < -0.3 is 5.32 Å². The Kier molecular flexibility index (Phi) is 3.88. The summed E-state index contributed by atoms with van der Waals surface area (Å²) in [5.41, 5.74) is 4.85. The molecular weight excluding hydrogens is 310 g/mol. The van der Waals surface area contributed by atoms with Gasteiger partial charge in [-0.05, 0) is 49.1 Å². The number of hydrogen-bond acceptors (Lipinski definition) is 3. The first-order valence-electron chi connectivity index (χ1n) is 8.66. The molecule has 4 rings (SSSR count). The summed E-state index contributed by atoms with van der Waals surface area (Å²) in [5, 5.41) is 8.11. The lowest BCUT2D eigenvalue weighted by Crippen LogP contribution is -2.19. The summed E-state index contributed by atoms with van der Waals surface area (Å²) >= 11 is 0. The molecule has 0 saturated heterocycles. The van der Waals surface area contributed by atoms with E-state index in [4.69, 9.17) is 5.10 Å². The fourth-order valence-corrected chi connectivity index (χ4v) is 3.49. The first kappa shape index (κ1) is 15.6. The van der Waals surface area contributed by atoms with E-state index >= 15 is 0 Å². The van der Waals surface area contributed by atoms with Gasteiger partial charge in [0.1, 0.15) is 0 Å². The van der Waals surface area contributed by atoms with Crippen molar-refractivity contribution in [3.63, 3.8) is 0 Å². The third-order valence-corrected chi connectivity index (χ3v) is 4.62. The van der Waals surface area contributed by atoms with Crippen molar-refractivity contribution in [2.24, 2.45) is 5.92 Å². The minimum Gasteiger partial charge on any atom is -0.338 e. The molecule has 3 aromatic rings. The molecule has 0 bridgehead atoms. The molecule has 0 fully saturated rings. The maximum absolute atomic E-state index is 12.7. The first-order chi connectivity index (χ1) is 12.1. The van der Waals surface area contributed by atoms with Gasteiger partial charge >= 0.3 is 0 Å². The summed E-state index contributed by atoms with van der Waals surface area (Å²) in [6.07, 6.45) is 1.44.